The first-order valence-electron chi connectivity index (χ1n) is 9.83. The van der Waals surface area contributed by atoms with E-state index in [0.29, 0.717) is 6.92 Å². The maximum atomic E-state index is 13.0. The molecule has 1 aromatic rings. The number of halogens is 8. The lowest BCUT2D eigenvalue weighted by atomic mass is 10.0. The van der Waals surface area contributed by atoms with Crippen molar-refractivity contribution in [2.45, 2.75) is 43.3 Å². The number of anilines is 2. The van der Waals surface area contributed by atoms with Crippen molar-refractivity contribution in [3.05, 3.63) is 24.3 Å². The van der Waals surface area contributed by atoms with Crippen molar-refractivity contribution in [3.8, 4) is 0 Å². The first kappa shape index (κ1) is 28.1. The molecule has 0 radical (unpaired) electrons. The van der Waals surface area contributed by atoms with Crippen molar-refractivity contribution < 1.29 is 54.6 Å². The summed E-state index contributed by atoms with van der Waals surface area (Å²) in [6.07, 6.45) is -11.9. The van der Waals surface area contributed by atoms with Crippen LogP contribution in [0.5, 0.6) is 0 Å². The summed E-state index contributed by atoms with van der Waals surface area (Å²) in [6.45, 7) is -2.98. The molecule has 1 unspecified atom stereocenters. The first-order valence-corrected chi connectivity index (χ1v) is 9.83. The normalized spacial score (nSPS) is 18.6. The van der Waals surface area contributed by atoms with E-state index in [-0.39, 0.29) is 11.4 Å². The van der Waals surface area contributed by atoms with Crippen molar-refractivity contribution in [1.82, 2.24) is 10.6 Å². The molecule has 0 bridgehead atoms. The van der Waals surface area contributed by atoms with Crippen LogP contribution in [0.15, 0.2) is 24.3 Å². The number of fused-ring (bicyclic) bond motifs is 1. The number of benzene rings is 1. The monoisotopic (exact) mass is 520 g/mol. The highest BCUT2D eigenvalue weighted by atomic mass is 19.4. The molecule has 1 aromatic carbocycles. The minimum atomic E-state index is -6.01. The van der Waals surface area contributed by atoms with Gasteiger partial charge >= 0.3 is 18.3 Å². The summed E-state index contributed by atoms with van der Waals surface area (Å²) in [6, 6.07) is 4.10. The molecule has 0 aromatic heterocycles. The van der Waals surface area contributed by atoms with Crippen molar-refractivity contribution in [1.29, 1.82) is 0 Å². The zero-order valence-corrected chi connectivity index (χ0v) is 17.9. The lowest BCUT2D eigenvalue weighted by Gasteiger charge is -2.29. The van der Waals surface area contributed by atoms with Gasteiger partial charge in [-0.05, 0) is 19.1 Å². The Morgan fingerprint density at radius 1 is 1.09 bits per heavy atom. The summed E-state index contributed by atoms with van der Waals surface area (Å²) in [7, 11) is 0. The van der Waals surface area contributed by atoms with Gasteiger partial charge in [0, 0.05) is 13.1 Å². The van der Waals surface area contributed by atoms with Crippen molar-refractivity contribution in [2.75, 3.05) is 29.9 Å². The third kappa shape index (κ3) is 6.93. The minimum absolute atomic E-state index is 0.107. The third-order valence-corrected chi connectivity index (χ3v) is 4.96. The van der Waals surface area contributed by atoms with Crippen LogP contribution >= 0.6 is 0 Å². The van der Waals surface area contributed by atoms with E-state index in [2.05, 4.69) is 5.32 Å². The topological polar surface area (TPSA) is 111 Å². The van der Waals surface area contributed by atoms with E-state index < -0.39 is 73.7 Å². The SMILES string of the molecule is CC(O)(C(=O)NCC(F)(F)C(F)(F)F)C(=O)N[C@H]1CN(CCC(F)(F)F)c2ccccc2NC1=O. The van der Waals surface area contributed by atoms with Gasteiger partial charge in [0.1, 0.15) is 6.04 Å². The number of nitrogens with zero attached hydrogens (tertiary/aromatic N) is 1. The van der Waals surface area contributed by atoms with Crippen molar-refractivity contribution in [2.24, 2.45) is 0 Å². The molecule has 8 nitrogen and oxygen atoms in total. The van der Waals surface area contributed by atoms with Crippen LogP contribution in [0.25, 0.3) is 0 Å². The molecular weight excluding hydrogens is 500 g/mol. The quantitative estimate of drug-likeness (QED) is 0.325. The Bertz CT molecular complexity index is 965. The molecule has 16 heteroatoms. The van der Waals surface area contributed by atoms with Crippen LogP contribution in [-0.4, -0.2) is 72.4 Å². The first-order chi connectivity index (χ1) is 15.8. The summed E-state index contributed by atoms with van der Waals surface area (Å²) in [5.41, 5.74) is -2.92. The molecule has 1 heterocycles. The van der Waals surface area contributed by atoms with Crippen molar-refractivity contribution in [3.63, 3.8) is 0 Å². The van der Waals surface area contributed by atoms with Crippen LogP contribution in [-0.2, 0) is 14.4 Å². The van der Waals surface area contributed by atoms with Gasteiger partial charge in [0.2, 0.25) is 11.5 Å². The van der Waals surface area contributed by atoms with Gasteiger partial charge in [0.25, 0.3) is 11.8 Å². The van der Waals surface area contributed by atoms with E-state index in [0.717, 1.165) is 10.2 Å². The highest BCUT2D eigenvalue weighted by Gasteiger charge is 2.58. The molecule has 1 aliphatic rings. The van der Waals surface area contributed by atoms with E-state index in [1.807, 2.05) is 5.32 Å². The Balaban J connectivity index is 2.17. The van der Waals surface area contributed by atoms with Crippen LogP contribution in [0, 0.1) is 0 Å². The van der Waals surface area contributed by atoms with E-state index in [4.69, 9.17) is 0 Å². The summed E-state index contributed by atoms with van der Waals surface area (Å²) in [5, 5.41) is 15.5. The molecular formula is C19H20F8N4O4. The summed E-state index contributed by atoms with van der Waals surface area (Å²) < 4.78 is 101. The van der Waals surface area contributed by atoms with Gasteiger partial charge in [0.05, 0.1) is 24.3 Å². The summed E-state index contributed by atoms with van der Waals surface area (Å²) in [5.74, 6) is -9.89. The molecule has 3 amide bonds. The fraction of sp³-hybridized carbons (Fsp3) is 0.526. The van der Waals surface area contributed by atoms with Gasteiger partial charge in [-0.2, -0.15) is 35.1 Å². The van der Waals surface area contributed by atoms with Crippen LogP contribution in [0.4, 0.5) is 46.5 Å². The molecule has 0 saturated carbocycles. The maximum Gasteiger partial charge on any atom is 0.455 e. The number of hydrogen-bond acceptors (Lipinski definition) is 5. The zero-order chi connectivity index (χ0) is 26.8. The minimum Gasteiger partial charge on any atom is -0.372 e. The lowest BCUT2D eigenvalue weighted by molar-refractivity contribution is -0.278. The van der Waals surface area contributed by atoms with Crippen LogP contribution in [0.1, 0.15) is 13.3 Å². The highest BCUT2D eigenvalue weighted by Crippen LogP contribution is 2.35. The Kier molecular flexibility index (Phi) is 7.88. The maximum absolute atomic E-state index is 13.0. The molecule has 0 aliphatic carbocycles. The van der Waals surface area contributed by atoms with E-state index in [1.165, 1.54) is 24.3 Å². The number of rotatable bonds is 7. The Morgan fingerprint density at radius 3 is 2.26 bits per heavy atom. The van der Waals surface area contributed by atoms with Gasteiger partial charge in [-0.25, -0.2) is 0 Å². The number of nitrogens with one attached hydrogen (secondary N) is 3. The number of alkyl halides is 8. The average Bonchev–Trinajstić information content (AvgIpc) is 2.85. The van der Waals surface area contributed by atoms with Gasteiger partial charge in [-0.1, -0.05) is 12.1 Å². The predicted molar refractivity (Wildman–Crippen MR) is 105 cm³/mol. The van der Waals surface area contributed by atoms with Gasteiger partial charge in [-0.15, -0.1) is 0 Å². The van der Waals surface area contributed by atoms with E-state index in [9.17, 15) is 54.6 Å². The number of carbonyl (C=O) groups excluding carboxylic acids is 3. The highest BCUT2D eigenvalue weighted by molar-refractivity contribution is 6.10. The second-order valence-corrected chi connectivity index (χ2v) is 7.80. The summed E-state index contributed by atoms with van der Waals surface area (Å²) in [4.78, 5) is 38.1. The standard InChI is InChI=1S/C19H20F8N4O4/c1-16(35,14(33)28-9-17(20,21)19(25,26)27)15(34)30-11-8-31(7-6-18(22,23)24)12-5-3-2-4-10(12)29-13(11)32/h2-5,11,35H,6-9H2,1H3,(H,28,33)(H,29,32)(H,30,34)/t11-,16?/m0/s1. The van der Waals surface area contributed by atoms with Gasteiger partial charge in [0.15, 0.2) is 0 Å². The Labute approximate surface area is 192 Å². The number of amides is 3. The van der Waals surface area contributed by atoms with E-state index in [1.54, 1.807) is 0 Å². The van der Waals surface area contributed by atoms with Crippen molar-refractivity contribution >= 4 is 29.1 Å². The lowest BCUT2D eigenvalue weighted by Crippen LogP contribution is -2.61. The Morgan fingerprint density at radius 2 is 1.69 bits per heavy atom. The van der Waals surface area contributed by atoms with Gasteiger partial charge in [-0.3, -0.25) is 14.4 Å². The molecule has 2 atom stereocenters. The third-order valence-electron chi connectivity index (χ3n) is 4.96. The van der Waals surface area contributed by atoms with Crippen LogP contribution < -0.4 is 20.9 Å². The number of para-hydroxylation sites is 2. The second-order valence-electron chi connectivity index (χ2n) is 7.80. The largest absolute Gasteiger partial charge is 0.455 e. The van der Waals surface area contributed by atoms with E-state index >= 15 is 0 Å². The molecule has 2 rings (SSSR count). The molecule has 0 spiro atoms. The van der Waals surface area contributed by atoms with Gasteiger partial charge < -0.3 is 26.0 Å². The Hall–Kier alpha value is -3.17. The second kappa shape index (κ2) is 9.83. The zero-order valence-electron chi connectivity index (χ0n) is 17.9. The fourth-order valence-corrected chi connectivity index (χ4v) is 2.93. The molecule has 1 aliphatic heterocycles. The molecule has 4 N–H and O–H groups in total. The number of hydrogen-bond donors (Lipinski definition) is 4. The molecule has 196 valence electrons. The van der Waals surface area contributed by atoms with Crippen LogP contribution in [0.3, 0.4) is 0 Å². The van der Waals surface area contributed by atoms with Crippen LogP contribution in [0.2, 0.25) is 0 Å². The molecule has 0 saturated heterocycles. The predicted octanol–water partition coefficient (Wildman–Crippen LogP) is 1.95. The molecule has 35 heavy (non-hydrogen) atoms. The molecule has 0 fully saturated rings. The fourth-order valence-electron chi connectivity index (χ4n) is 2.93. The smallest absolute Gasteiger partial charge is 0.372 e. The number of carbonyl (C=O) groups is 3. The summed E-state index contributed by atoms with van der Waals surface area (Å²) >= 11 is 0. The average molecular weight is 520 g/mol. The number of aliphatic hydroxyl groups is 1.